The number of sulfone groups is 1. The highest BCUT2D eigenvalue weighted by atomic mass is 32.2. The van der Waals surface area contributed by atoms with Gasteiger partial charge in [0.15, 0.2) is 9.84 Å². The molecular weight excluding hydrogens is 441 g/mol. The molecule has 0 radical (unpaired) electrons. The number of benzene rings is 2. The second-order valence-corrected chi connectivity index (χ2v) is 11.2. The first-order valence-electron chi connectivity index (χ1n) is 11.5. The Balaban J connectivity index is 1.26. The molecule has 0 bridgehead atoms. The van der Waals surface area contributed by atoms with Crippen molar-refractivity contribution in [2.24, 2.45) is 0 Å². The van der Waals surface area contributed by atoms with E-state index in [9.17, 15) is 17.6 Å². The van der Waals surface area contributed by atoms with Gasteiger partial charge in [-0.2, -0.15) is 0 Å². The highest BCUT2D eigenvalue weighted by Crippen LogP contribution is 2.31. The molecule has 2 aliphatic heterocycles. The number of halogens is 1. The summed E-state index contributed by atoms with van der Waals surface area (Å²) in [5.74, 6) is 0.357. The van der Waals surface area contributed by atoms with Crippen molar-refractivity contribution in [1.29, 1.82) is 0 Å². The number of nitrogens with one attached hydrogen (secondary N) is 1. The van der Waals surface area contributed by atoms with Crippen LogP contribution in [0.4, 0.5) is 4.39 Å². The quantitative estimate of drug-likeness (QED) is 0.623. The molecule has 6 nitrogen and oxygen atoms in total. The largest absolute Gasteiger partial charge is 0.354 e. The molecule has 0 spiro atoms. The molecule has 1 unspecified atom stereocenters. The summed E-state index contributed by atoms with van der Waals surface area (Å²) in [4.78, 5) is 20.6. The summed E-state index contributed by atoms with van der Waals surface area (Å²) >= 11 is 0. The number of aryl methyl sites for hydroxylation is 1. The Morgan fingerprint density at radius 2 is 1.76 bits per heavy atom. The zero-order chi connectivity index (χ0) is 23.0. The lowest BCUT2D eigenvalue weighted by molar-refractivity contribution is -0.133. The standard InChI is InChI=1S/C25H28FN3O3S/c26-19-7-5-18(6-8-19)25-22(21-3-1-2-4-23(21)27-25)9-10-24(30)29-14-12-28(13-15-29)20-11-16-33(31,32)17-20/h1-8,20,27H,9-17H2. The number of nitrogens with zero attached hydrogens (tertiary/aromatic N) is 2. The third-order valence-corrected chi connectivity index (χ3v) is 8.68. The molecule has 174 valence electrons. The SMILES string of the molecule is O=C(CCc1c(-c2ccc(F)cc2)[nH]c2ccccc12)N1CCN(C2CCS(=O)(=O)C2)CC1. The van der Waals surface area contributed by atoms with Gasteiger partial charge in [0.2, 0.25) is 5.91 Å². The first-order valence-corrected chi connectivity index (χ1v) is 13.3. The van der Waals surface area contributed by atoms with Crippen molar-refractivity contribution >= 4 is 26.6 Å². The van der Waals surface area contributed by atoms with Crippen molar-refractivity contribution in [3.05, 3.63) is 59.9 Å². The van der Waals surface area contributed by atoms with Crippen molar-refractivity contribution in [3.8, 4) is 11.3 Å². The minimum absolute atomic E-state index is 0.0942. The Morgan fingerprint density at radius 1 is 1.03 bits per heavy atom. The summed E-state index contributed by atoms with van der Waals surface area (Å²) in [6.07, 6.45) is 1.69. The molecule has 1 aromatic heterocycles. The predicted octanol–water partition coefficient (Wildman–Crippen LogP) is 3.24. The van der Waals surface area contributed by atoms with Gasteiger partial charge in [0.05, 0.1) is 11.5 Å². The minimum atomic E-state index is -2.90. The molecule has 8 heteroatoms. The first-order chi connectivity index (χ1) is 15.9. The number of rotatable bonds is 5. The fraction of sp³-hybridized carbons (Fsp3) is 0.400. The number of piperazine rings is 1. The molecule has 0 saturated carbocycles. The summed E-state index contributed by atoms with van der Waals surface area (Å²) < 4.78 is 37.0. The molecular formula is C25H28FN3O3S. The molecule has 5 rings (SSSR count). The molecule has 2 aromatic carbocycles. The number of aromatic nitrogens is 1. The average Bonchev–Trinajstić information content (AvgIpc) is 3.38. The lowest BCUT2D eigenvalue weighted by atomic mass is 10.0. The van der Waals surface area contributed by atoms with Gasteiger partial charge in [-0.25, -0.2) is 12.8 Å². The molecule has 1 N–H and O–H groups in total. The van der Waals surface area contributed by atoms with Gasteiger partial charge in [0.1, 0.15) is 5.82 Å². The maximum Gasteiger partial charge on any atom is 0.222 e. The van der Waals surface area contributed by atoms with E-state index in [1.165, 1.54) is 12.1 Å². The van der Waals surface area contributed by atoms with E-state index >= 15 is 0 Å². The van der Waals surface area contributed by atoms with E-state index in [0.717, 1.165) is 40.8 Å². The number of aromatic amines is 1. The topological polar surface area (TPSA) is 73.5 Å². The van der Waals surface area contributed by atoms with Gasteiger partial charge in [0.25, 0.3) is 0 Å². The molecule has 2 aliphatic rings. The number of amides is 1. The van der Waals surface area contributed by atoms with E-state index in [4.69, 9.17) is 0 Å². The number of para-hydroxylation sites is 1. The maximum absolute atomic E-state index is 13.4. The molecule has 2 fully saturated rings. The van der Waals surface area contributed by atoms with Crippen LogP contribution >= 0.6 is 0 Å². The number of carbonyl (C=O) groups excluding carboxylic acids is 1. The van der Waals surface area contributed by atoms with Gasteiger partial charge < -0.3 is 9.88 Å². The first kappa shape index (κ1) is 22.1. The minimum Gasteiger partial charge on any atom is -0.354 e. The number of H-pyrrole nitrogens is 1. The summed E-state index contributed by atoms with van der Waals surface area (Å²) in [6.45, 7) is 2.71. The van der Waals surface area contributed by atoms with Crippen molar-refractivity contribution in [2.45, 2.75) is 25.3 Å². The van der Waals surface area contributed by atoms with Crippen LogP contribution in [0, 0.1) is 5.82 Å². The van der Waals surface area contributed by atoms with E-state index in [2.05, 4.69) is 9.88 Å². The van der Waals surface area contributed by atoms with Crippen LogP contribution < -0.4 is 0 Å². The highest BCUT2D eigenvalue weighted by molar-refractivity contribution is 7.91. The van der Waals surface area contributed by atoms with Crippen LogP contribution in [0.5, 0.6) is 0 Å². The van der Waals surface area contributed by atoms with E-state index < -0.39 is 9.84 Å². The molecule has 1 amide bonds. The lowest BCUT2D eigenvalue weighted by Crippen LogP contribution is -2.52. The van der Waals surface area contributed by atoms with E-state index in [0.29, 0.717) is 32.4 Å². The predicted molar refractivity (Wildman–Crippen MR) is 127 cm³/mol. The second-order valence-electron chi connectivity index (χ2n) is 9.00. The van der Waals surface area contributed by atoms with Crippen LogP contribution in [0.3, 0.4) is 0 Å². The number of carbonyl (C=O) groups is 1. The second kappa shape index (κ2) is 8.91. The van der Waals surface area contributed by atoms with Crippen LogP contribution in [-0.2, 0) is 21.1 Å². The van der Waals surface area contributed by atoms with E-state index in [-0.39, 0.29) is 29.3 Å². The Morgan fingerprint density at radius 3 is 2.45 bits per heavy atom. The molecule has 3 heterocycles. The van der Waals surface area contributed by atoms with Crippen molar-refractivity contribution in [3.63, 3.8) is 0 Å². The number of fused-ring (bicyclic) bond motifs is 1. The third-order valence-electron chi connectivity index (χ3n) is 6.93. The van der Waals surface area contributed by atoms with Crippen LogP contribution in [-0.4, -0.2) is 72.8 Å². The van der Waals surface area contributed by atoms with E-state index in [1.54, 1.807) is 12.1 Å². The number of hydrogen-bond donors (Lipinski definition) is 1. The zero-order valence-electron chi connectivity index (χ0n) is 18.5. The van der Waals surface area contributed by atoms with Crippen molar-refractivity contribution < 1.29 is 17.6 Å². The fourth-order valence-corrected chi connectivity index (χ4v) is 6.87. The third kappa shape index (κ3) is 4.68. The molecule has 1 atom stereocenters. The van der Waals surface area contributed by atoms with Crippen LogP contribution in [0.2, 0.25) is 0 Å². The summed E-state index contributed by atoms with van der Waals surface area (Å²) in [5.41, 5.74) is 3.89. The summed E-state index contributed by atoms with van der Waals surface area (Å²) in [5, 5.41) is 1.08. The van der Waals surface area contributed by atoms with Gasteiger partial charge in [-0.15, -0.1) is 0 Å². The Bertz CT molecular complexity index is 1260. The van der Waals surface area contributed by atoms with E-state index in [1.807, 2.05) is 29.2 Å². The normalized spacial score (nSPS) is 21.0. The fourth-order valence-electron chi connectivity index (χ4n) is 5.11. The Hall–Kier alpha value is -2.71. The van der Waals surface area contributed by atoms with Gasteiger partial charge in [-0.1, -0.05) is 18.2 Å². The Kier molecular flexibility index (Phi) is 5.97. The molecule has 0 aliphatic carbocycles. The zero-order valence-corrected chi connectivity index (χ0v) is 19.3. The van der Waals surface area contributed by atoms with Crippen molar-refractivity contribution in [1.82, 2.24) is 14.8 Å². The summed E-state index contributed by atoms with van der Waals surface area (Å²) in [7, 11) is -2.90. The molecule has 2 saturated heterocycles. The van der Waals surface area contributed by atoms with Crippen LogP contribution in [0.1, 0.15) is 18.4 Å². The summed E-state index contributed by atoms with van der Waals surface area (Å²) in [6, 6.07) is 14.5. The van der Waals surface area contributed by atoms with Gasteiger partial charge in [-0.05, 0) is 54.3 Å². The van der Waals surface area contributed by atoms with Crippen LogP contribution in [0.15, 0.2) is 48.5 Å². The lowest BCUT2D eigenvalue weighted by Gasteiger charge is -2.37. The van der Waals surface area contributed by atoms with Gasteiger partial charge in [-0.3, -0.25) is 9.69 Å². The molecule has 3 aromatic rings. The van der Waals surface area contributed by atoms with Gasteiger partial charge in [0, 0.05) is 55.2 Å². The molecule has 33 heavy (non-hydrogen) atoms. The maximum atomic E-state index is 13.4. The van der Waals surface area contributed by atoms with Crippen molar-refractivity contribution in [2.75, 3.05) is 37.7 Å². The average molecular weight is 470 g/mol. The van der Waals surface area contributed by atoms with Gasteiger partial charge >= 0.3 is 0 Å². The number of hydrogen-bond acceptors (Lipinski definition) is 4. The smallest absolute Gasteiger partial charge is 0.222 e. The van der Waals surface area contributed by atoms with Crippen LogP contribution in [0.25, 0.3) is 22.2 Å². The highest BCUT2D eigenvalue weighted by Gasteiger charge is 2.34. The monoisotopic (exact) mass is 469 g/mol. The Labute approximate surface area is 193 Å².